The third kappa shape index (κ3) is 2.94. The lowest BCUT2D eigenvalue weighted by molar-refractivity contribution is 0.132. The van der Waals surface area contributed by atoms with Gasteiger partial charge in [-0.3, -0.25) is 9.88 Å². The van der Waals surface area contributed by atoms with E-state index in [1.165, 1.54) is 10.9 Å². The van der Waals surface area contributed by atoms with Crippen LogP contribution in [-0.4, -0.2) is 29.0 Å². The van der Waals surface area contributed by atoms with Gasteiger partial charge in [0.2, 0.25) is 0 Å². The fourth-order valence-corrected chi connectivity index (χ4v) is 2.26. The molecule has 102 valence electrons. The van der Waals surface area contributed by atoms with Gasteiger partial charge in [-0.2, -0.15) is 0 Å². The number of aromatic nitrogens is 1. The number of nitrogens with two attached hydrogens (primary N) is 1. The number of rotatable bonds is 5. The minimum absolute atomic E-state index is 0.0594. The first-order valence-electron chi connectivity index (χ1n) is 6.84. The SMILES string of the molecule is CCC(C)(CN)N(C)Cc1ccc2ncccc2c1. The Hall–Kier alpha value is -1.45. The van der Waals surface area contributed by atoms with Gasteiger partial charge in [0, 0.05) is 30.2 Å². The molecule has 2 N–H and O–H groups in total. The predicted molar refractivity (Wildman–Crippen MR) is 81.0 cm³/mol. The second-order valence-corrected chi connectivity index (χ2v) is 5.44. The van der Waals surface area contributed by atoms with Crippen molar-refractivity contribution >= 4 is 10.9 Å². The molecule has 0 aliphatic carbocycles. The van der Waals surface area contributed by atoms with E-state index in [1.807, 2.05) is 12.3 Å². The quantitative estimate of drug-likeness (QED) is 0.895. The Labute approximate surface area is 115 Å². The van der Waals surface area contributed by atoms with Gasteiger partial charge in [0.25, 0.3) is 0 Å². The van der Waals surface area contributed by atoms with Crippen molar-refractivity contribution in [2.24, 2.45) is 5.73 Å². The number of pyridine rings is 1. The minimum atomic E-state index is 0.0594. The van der Waals surface area contributed by atoms with Crippen LogP contribution >= 0.6 is 0 Å². The molecule has 1 heterocycles. The molecule has 0 saturated heterocycles. The average molecular weight is 257 g/mol. The lowest BCUT2D eigenvalue weighted by Crippen LogP contribution is -2.48. The number of likely N-dealkylation sites (N-methyl/N-ethyl adjacent to an activating group) is 1. The molecule has 0 radical (unpaired) electrons. The van der Waals surface area contributed by atoms with Crippen LogP contribution in [0.25, 0.3) is 10.9 Å². The van der Waals surface area contributed by atoms with E-state index in [-0.39, 0.29) is 5.54 Å². The molecule has 3 nitrogen and oxygen atoms in total. The Morgan fingerprint density at radius 3 is 2.79 bits per heavy atom. The highest BCUT2D eigenvalue weighted by molar-refractivity contribution is 5.78. The van der Waals surface area contributed by atoms with Gasteiger partial charge in [0.15, 0.2) is 0 Å². The van der Waals surface area contributed by atoms with Crippen LogP contribution in [0.1, 0.15) is 25.8 Å². The van der Waals surface area contributed by atoms with E-state index in [0.29, 0.717) is 6.54 Å². The van der Waals surface area contributed by atoms with Gasteiger partial charge in [-0.1, -0.05) is 19.1 Å². The molecule has 1 aromatic carbocycles. The van der Waals surface area contributed by atoms with Crippen molar-refractivity contribution in [3.05, 3.63) is 42.1 Å². The maximum atomic E-state index is 5.91. The topological polar surface area (TPSA) is 42.1 Å². The highest BCUT2D eigenvalue weighted by Gasteiger charge is 2.25. The van der Waals surface area contributed by atoms with Gasteiger partial charge < -0.3 is 5.73 Å². The molecule has 0 fully saturated rings. The van der Waals surface area contributed by atoms with E-state index in [9.17, 15) is 0 Å². The summed E-state index contributed by atoms with van der Waals surface area (Å²) in [6, 6.07) is 10.5. The lowest BCUT2D eigenvalue weighted by atomic mass is 9.96. The molecule has 2 rings (SSSR count). The van der Waals surface area contributed by atoms with Crippen LogP contribution in [0.2, 0.25) is 0 Å². The zero-order valence-corrected chi connectivity index (χ0v) is 12.1. The van der Waals surface area contributed by atoms with E-state index in [4.69, 9.17) is 5.73 Å². The van der Waals surface area contributed by atoms with Gasteiger partial charge in [-0.05, 0) is 44.2 Å². The van der Waals surface area contributed by atoms with E-state index >= 15 is 0 Å². The van der Waals surface area contributed by atoms with Crippen LogP contribution in [0.15, 0.2) is 36.5 Å². The van der Waals surface area contributed by atoms with E-state index in [1.54, 1.807) is 0 Å². The molecule has 1 aromatic heterocycles. The summed E-state index contributed by atoms with van der Waals surface area (Å²) in [6.07, 6.45) is 2.88. The molecule has 0 spiro atoms. The number of fused-ring (bicyclic) bond motifs is 1. The fraction of sp³-hybridized carbons (Fsp3) is 0.438. The number of nitrogens with zero attached hydrogens (tertiary/aromatic N) is 2. The second kappa shape index (κ2) is 5.68. The monoisotopic (exact) mass is 257 g/mol. The predicted octanol–water partition coefficient (Wildman–Crippen LogP) is 2.79. The van der Waals surface area contributed by atoms with Gasteiger partial charge in [-0.15, -0.1) is 0 Å². The Bertz CT molecular complexity index is 546. The minimum Gasteiger partial charge on any atom is -0.329 e. The number of benzene rings is 1. The van der Waals surface area contributed by atoms with Crippen LogP contribution in [0.5, 0.6) is 0 Å². The Morgan fingerprint density at radius 2 is 2.11 bits per heavy atom. The summed E-state index contributed by atoms with van der Waals surface area (Å²) in [5, 5.41) is 1.19. The summed E-state index contributed by atoms with van der Waals surface area (Å²) >= 11 is 0. The molecule has 0 saturated carbocycles. The molecule has 0 aliphatic rings. The molecular formula is C16H23N3. The van der Waals surface area contributed by atoms with Crippen molar-refractivity contribution in [1.82, 2.24) is 9.88 Å². The standard InChI is InChI=1S/C16H23N3/c1-4-16(2,12-17)19(3)11-13-7-8-15-14(10-13)6-5-9-18-15/h5-10H,4,11-12,17H2,1-3H3. The molecule has 3 heteroatoms. The average Bonchev–Trinajstić information content (AvgIpc) is 2.46. The third-order valence-electron chi connectivity index (χ3n) is 4.21. The maximum absolute atomic E-state index is 5.91. The zero-order chi connectivity index (χ0) is 13.9. The summed E-state index contributed by atoms with van der Waals surface area (Å²) in [4.78, 5) is 6.69. The first-order chi connectivity index (χ1) is 9.09. The van der Waals surface area contributed by atoms with E-state index < -0.39 is 0 Å². The van der Waals surface area contributed by atoms with Crippen LogP contribution in [0.3, 0.4) is 0 Å². The van der Waals surface area contributed by atoms with Crippen molar-refractivity contribution in [3.8, 4) is 0 Å². The Balaban J connectivity index is 2.21. The van der Waals surface area contributed by atoms with Crippen molar-refractivity contribution < 1.29 is 0 Å². The number of hydrogen-bond donors (Lipinski definition) is 1. The van der Waals surface area contributed by atoms with Gasteiger partial charge >= 0.3 is 0 Å². The maximum Gasteiger partial charge on any atom is 0.0702 e. The number of hydrogen-bond acceptors (Lipinski definition) is 3. The van der Waals surface area contributed by atoms with Crippen molar-refractivity contribution in [2.45, 2.75) is 32.4 Å². The Kier molecular flexibility index (Phi) is 4.17. The van der Waals surface area contributed by atoms with Crippen LogP contribution < -0.4 is 5.73 Å². The Morgan fingerprint density at radius 1 is 1.32 bits per heavy atom. The zero-order valence-electron chi connectivity index (χ0n) is 12.1. The van der Waals surface area contributed by atoms with Crippen molar-refractivity contribution in [3.63, 3.8) is 0 Å². The van der Waals surface area contributed by atoms with Crippen molar-refractivity contribution in [2.75, 3.05) is 13.6 Å². The largest absolute Gasteiger partial charge is 0.329 e. The fourth-order valence-electron chi connectivity index (χ4n) is 2.26. The van der Waals surface area contributed by atoms with Crippen LogP contribution in [0, 0.1) is 0 Å². The molecule has 1 unspecified atom stereocenters. The first kappa shape index (κ1) is 14.0. The summed E-state index contributed by atoms with van der Waals surface area (Å²) < 4.78 is 0. The molecule has 1 atom stereocenters. The van der Waals surface area contributed by atoms with Crippen LogP contribution in [-0.2, 0) is 6.54 Å². The molecule has 0 amide bonds. The smallest absolute Gasteiger partial charge is 0.0702 e. The molecule has 0 aliphatic heterocycles. The summed E-state index contributed by atoms with van der Waals surface area (Å²) in [5.74, 6) is 0. The molecule has 0 bridgehead atoms. The van der Waals surface area contributed by atoms with Gasteiger partial charge in [-0.25, -0.2) is 0 Å². The summed E-state index contributed by atoms with van der Waals surface area (Å²) in [5.41, 5.74) is 8.32. The highest BCUT2D eigenvalue weighted by atomic mass is 15.2. The summed E-state index contributed by atoms with van der Waals surface area (Å²) in [7, 11) is 2.14. The van der Waals surface area contributed by atoms with Gasteiger partial charge in [0.1, 0.15) is 0 Å². The van der Waals surface area contributed by atoms with Crippen LogP contribution in [0.4, 0.5) is 0 Å². The third-order valence-corrected chi connectivity index (χ3v) is 4.21. The van der Waals surface area contributed by atoms with E-state index in [0.717, 1.165) is 18.5 Å². The summed E-state index contributed by atoms with van der Waals surface area (Å²) in [6.45, 7) is 5.99. The second-order valence-electron chi connectivity index (χ2n) is 5.44. The highest BCUT2D eigenvalue weighted by Crippen LogP contribution is 2.20. The van der Waals surface area contributed by atoms with Gasteiger partial charge in [0.05, 0.1) is 5.52 Å². The molecular weight excluding hydrogens is 234 g/mol. The first-order valence-corrected chi connectivity index (χ1v) is 6.84. The molecule has 2 aromatic rings. The lowest BCUT2D eigenvalue weighted by Gasteiger charge is -2.37. The molecule has 19 heavy (non-hydrogen) atoms. The van der Waals surface area contributed by atoms with E-state index in [2.05, 4.69) is 55.0 Å². The van der Waals surface area contributed by atoms with Crippen molar-refractivity contribution in [1.29, 1.82) is 0 Å². The normalized spacial score (nSPS) is 14.8.